The molecule has 0 aromatic heterocycles. The zero-order valence-electron chi connectivity index (χ0n) is 31.2. The Morgan fingerprint density at radius 3 is 1.20 bits per heavy atom. The van der Waals surface area contributed by atoms with Crippen molar-refractivity contribution in [2.75, 3.05) is 33.0 Å². The molecule has 344 valence electrons. The van der Waals surface area contributed by atoms with Gasteiger partial charge in [0.25, 0.3) is 0 Å². The van der Waals surface area contributed by atoms with Gasteiger partial charge in [-0.2, -0.15) is 0 Å². The molecule has 5 fully saturated rings. The average molecular weight is 870 g/mol. The van der Waals surface area contributed by atoms with Crippen molar-refractivity contribution in [3.63, 3.8) is 0 Å². The Hall–Kier alpha value is -1.53. The maximum absolute atomic E-state index is 11.9. The van der Waals surface area contributed by atoms with Gasteiger partial charge in [0.15, 0.2) is 31.5 Å². The Balaban J connectivity index is 1.27. The van der Waals surface area contributed by atoms with E-state index in [-0.39, 0.29) is 0 Å². The van der Waals surface area contributed by atoms with Crippen LogP contribution in [0.4, 0.5) is 0 Å². The van der Waals surface area contributed by atoms with Gasteiger partial charge >= 0.3 is 0 Å². The molecule has 5 aliphatic heterocycles. The highest BCUT2D eigenvalue weighted by molar-refractivity contribution is 5.73. The van der Waals surface area contributed by atoms with Gasteiger partial charge in [0.05, 0.1) is 33.0 Å². The van der Waals surface area contributed by atoms with E-state index < -0.39 is 192 Å². The molecule has 0 bridgehead atoms. The molecule has 27 nitrogen and oxygen atoms in total. The highest BCUT2D eigenvalue weighted by atomic mass is 16.8. The van der Waals surface area contributed by atoms with E-state index in [9.17, 15) is 86.5 Å². The summed E-state index contributed by atoms with van der Waals surface area (Å²) in [6.07, 6.45) is -44.0. The summed E-state index contributed by atoms with van der Waals surface area (Å²) in [5, 5.41) is 170. The fraction of sp³-hybridized carbons (Fsp3) is 0.969. The molecule has 0 radical (unpaired) electrons. The molecule has 5 aliphatic rings. The highest BCUT2D eigenvalue weighted by Gasteiger charge is 2.56. The van der Waals surface area contributed by atoms with Crippen molar-refractivity contribution in [3.05, 3.63) is 0 Å². The highest BCUT2D eigenvalue weighted by Crippen LogP contribution is 2.35. The average Bonchev–Trinajstić information content (AvgIpc) is 3.21. The van der Waals surface area contributed by atoms with Crippen LogP contribution in [0, 0.1) is 0 Å². The number of rotatable bonds is 14. The van der Waals surface area contributed by atoms with Gasteiger partial charge in [-0.25, -0.2) is 0 Å². The molecule has 5 saturated heterocycles. The first-order valence-corrected chi connectivity index (χ1v) is 18.6. The maximum atomic E-state index is 11.9. The molecule has 0 aliphatic carbocycles. The standard InChI is InChI=1S/C32H55NO26/c1-7(39)33-13-16(42)14(40)8(2-34)52-29(13)59-27-15(41)9(3-35)53-32(23(27)49)58-26-12(6-38)55-31(22(48)19(26)45)57-25-11(5-37)54-30(21(47)18(25)44)56-24-10(4-36)51-28(50)20(46)17(24)43/h8-32,34-38,40-50H,2-6H2,1H3,(H,33,39)/t8-,9-,10-,11-,12-,13-,14-,15-,16-,17-,18-,19-,20-,21-,22-,23-,24-,25-,26-,27+,28?,29+,30-,31-,32-/m1/s1. The van der Waals surface area contributed by atoms with E-state index in [0.29, 0.717) is 0 Å². The lowest BCUT2D eigenvalue weighted by atomic mass is 9.95. The van der Waals surface area contributed by atoms with E-state index in [1.165, 1.54) is 0 Å². The van der Waals surface area contributed by atoms with E-state index in [1.54, 1.807) is 0 Å². The Morgan fingerprint density at radius 1 is 0.407 bits per heavy atom. The summed E-state index contributed by atoms with van der Waals surface area (Å²) in [4.78, 5) is 11.9. The molecule has 5 rings (SSSR count). The number of ether oxygens (including phenoxy) is 9. The van der Waals surface area contributed by atoms with Crippen LogP contribution >= 0.6 is 0 Å². The van der Waals surface area contributed by atoms with Crippen LogP contribution in [0.15, 0.2) is 0 Å². The molecule has 1 unspecified atom stereocenters. The molecule has 1 amide bonds. The van der Waals surface area contributed by atoms with Crippen molar-refractivity contribution < 1.29 is 129 Å². The number of amides is 1. The molecule has 59 heavy (non-hydrogen) atoms. The number of hydrogen-bond acceptors (Lipinski definition) is 26. The Bertz CT molecular complexity index is 1320. The minimum atomic E-state index is -2.14. The quantitative estimate of drug-likeness (QED) is 0.0770. The first-order chi connectivity index (χ1) is 27.9. The third-order valence-electron chi connectivity index (χ3n) is 10.7. The fourth-order valence-electron chi connectivity index (χ4n) is 7.43. The third-order valence-corrected chi connectivity index (χ3v) is 10.7. The number of nitrogens with one attached hydrogen (secondary N) is 1. The Morgan fingerprint density at radius 2 is 0.763 bits per heavy atom. The van der Waals surface area contributed by atoms with Crippen LogP contribution < -0.4 is 5.32 Å². The number of hydrogen-bond donors (Lipinski definition) is 17. The van der Waals surface area contributed by atoms with Crippen molar-refractivity contribution in [2.45, 2.75) is 160 Å². The van der Waals surface area contributed by atoms with Crippen LogP contribution in [0.1, 0.15) is 6.92 Å². The summed E-state index contributed by atoms with van der Waals surface area (Å²) in [5.74, 6) is -0.719. The van der Waals surface area contributed by atoms with Crippen LogP contribution in [0.3, 0.4) is 0 Å². The minimum Gasteiger partial charge on any atom is -0.394 e. The second kappa shape index (κ2) is 20.8. The zero-order valence-corrected chi connectivity index (χ0v) is 31.2. The fourth-order valence-corrected chi connectivity index (χ4v) is 7.43. The van der Waals surface area contributed by atoms with Crippen LogP contribution in [-0.2, 0) is 47.4 Å². The van der Waals surface area contributed by atoms with Crippen molar-refractivity contribution in [3.8, 4) is 0 Å². The summed E-state index contributed by atoms with van der Waals surface area (Å²) in [6.45, 7) is -3.50. The molecule has 27 heteroatoms. The van der Waals surface area contributed by atoms with Crippen LogP contribution in [0.5, 0.6) is 0 Å². The van der Waals surface area contributed by atoms with Gasteiger partial charge in [0, 0.05) is 6.92 Å². The molecule has 5 heterocycles. The van der Waals surface area contributed by atoms with Crippen molar-refractivity contribution in [1.29, 1.82) is 0 Å². The monoisotopic (exact) mass is 869 g/mol. The third kappa shape index (κ3) is 10.2. The van der Waals surface area contributed by atoms with Gasteiger partial charge in [0.2, 0.25) is 5.91 Å². The Labute approximate surface area is 333 Å². The number of aliphatic hydroxyl groups is 16. The van der Waals surface area contributed by atoms with E-state index >= 15 is 0 Å². The summed E-state index contributed by atoms with van der Waals surface area (Å²) < 4.78 is 49.8. The van der Waals surface area contributed by atoms with Crippen molar-refractivity contribution in [1.82, 2.24) is 5.32 Å². The number of carbonyl (C=O) groups is 1. The molecule has 0 aromatic carbocycles. The zero-order chi connectivity index (χ0) is 43.6. The smallest absolute Gasteiger partial charge is 0.217 e. The summed E-state index contributed by atoms with van der Waals surface area (Å²) in [6, 6.07) is -1.53. The maximum Gasteiger partial charge on any atom is 0.217 e. The van der Waals surface area contributed by atoms with Gasteiger partial charge in [0.1, 0.15) is 122 Å². The molecule has 17 N–H and O–H groups in total. The lowest BCUT2D eigenvalue weighted by Crippen LogP contribution is -2.69. The Kier molecular flexibility index (Phi) is 17.1. The van der Waals surface area contributed by atoms with Gasteiger partial charge in [-0.1, -0.05) is 0 Å². The molecule has 25 atom stereocenters. The summed E-state index contributed by atoms with van der Waals surface area (Å²) in [7, 11) is 0. The molecular weight excluding hydrogens is 814 g/mol. The molecular formula is C32H55NO26. The number of aliphatic hydroxyl groups excluding tert-OH is 16. The summed E-state index contributed by atoms with van der Waals surface area (Å²) in [5.41, 5.74) is 0. The van der Waals surface area contributed by atoms with Crippen LogP contribution in [-0.4, -0.2) is 274 Å². The first-order valence-electron chi connectivity index (χ1n) is 18.6. The molecule has 0 spiro atoms. The SMILES string of the molecule is CC(=O)N[C@H]1[C@H](O[C@@H]2[C@@H](O)[C@@H](O[C@H]3[C@H](O)[C@@H](O)[C@@H](O[C@H]4[C@H](O)[C@@H](O)[C@@H](O[C@H]5[C@H](O)[C@@H](O)C(O)O[C@@H]5CO)O[C@@H]4CO)O[C@@H]3CO)O[C@H](CO)[C@H]2O)O[C@H](CO)[C@@H](O)[C@@H]1O. The molecule has 0 aromatic rings. The largest absolute Gasteiger partial charge is 0.394 e. The van der Waals surface area contributed by atoms with Gasteiger partial charge in [-0.3, -0.25) is 4.79 Å². The van der Waals surface area contributed by atoms with Crippen LogP contribution in [0.25, 0.3) is 0 Å². The van der Waals surface area contributed by atoms with Gasteiger partial charge in [-0.15, -0.1) is 0 Å². The van der Waals surface area contributed by atoms with Crippen molar-refractivity contribution >= 4 is 5.91 Å². The second-order valence-electron chi connectivity index (χ2n) is 14.7. The summed E-state index contributed by atoms with van der Waals surface area (Å²) >= 11 is 0. The van der Waals surface area contributed by atoms with E-state index in [0.717, 1.165) is 6.92 Å². The predicted molar refractivity (Wildman–Crippen MR) is 178 cm³/mol. The van der Waals surface area contributed by atoms with Crippen LogP contribution in [0.2, 0.25) is 0 Å². The minimum absolute atomic E-state index is 0.719. The topological polar surface area (TPSA) is 436 Å². The number of carbonyl (C=O) groups excluding carboxylic acids is 1. The first kappa shape index (κ1) is 48.5. The van der Waals surface area contributed by atoms with Crippen molar-refractivity contribution in [2.24, 2.45) is 0 Å². The molecule has 0 saturated carbocycles. The lowest BCUT2D eigenvalue weighted by Gasteiger charge is -2.49. The van der Waals surface area contributed by atoms with E-state index in [1.807, 2.05) is 0 Å². The normalized spacial score (nSPS) is 51.0. The second-order valence-corrected chi connectivity index (χ2v) is 14.7. The van der Waals surface area contributed by atoms with Gasteiger partial charge in [-0.05, 0) is 0 Å². The van der Waals surface area contributed by atoms with E-state index in [2.05, 4.69) is 5.32 Å². The van der Waals surface area contributed by atoms with E-state index in [4.69, 9.17) is 42.6 Å². The predicted octanol–water partition coefficient (Wildman–Crippen LogP) is -11.8. The lowest BCUT2D eigenvalue weighted by molar-refractivity contribution is -0.391. The van der Waals surface area contributed by atoms with Gasteiger partial charge < -0.3 is 130 Å².